The molecule has 0 atom stereocenters. The van der Waals surface area contributed by atoms with Crippen molar-refractivity contribution < 1.29 is 4.74 Å². The van der Waals surface area contributed by atoms with E-state index in [1.54, 1.807) is 12.4 Å². The molecule has 5 nitrogen and oxygen atoms in total. The van der Waals surface area contributed by atoms with E-state index in [1.807, 2.05) is 19.1 Å². The highest BCUT2D eigenvalue weighted by Gasteiger charge is 2.21. The fraction of sp³-hybridized carbons (Fsp3) is 0.381. The lowest BCUT2D eigenvalue weighted by Crippen LogP contribution is -2.36. The van der Waals surface area contributed by atoms with Gasteiger partial charge in [-0.25, -0.2) is 9.97 Å². The van der Waals surface area contributed by atoms with Gasteiger partial charge in [0.05, 0.1) is 6.61 Å². The predicted octanol–water partition coefficient (Wildman–Crippen LogP) is 3.94. The quantitative estimate of drug-likeness (QED) is 0.715. The van der Waals surface area contributed by atoms with E-state index in [0.29, 0.717) is 5.92 Å². The van der Waals surface area contributed by atoms with Crippen molar-refractivity contribution in [2.24, 2.45) is 5.92 Å². The number of anilines is 1. The van der Waals surface area contributed by atoms with Crippen LogP contribution in [0.15, 0.2) is 42.7 Å². The van der Waals surface area contributed by atoms with Gasteiger partial charge in [0, 0.05) is 36.6 Å². The molecular formula is C21H24N4O. The van der Waals surface area contributed by atoms with E-state index < -0.39 is 0 Å². The summed E-state index contributed by atoms with van der Waals surface area (Å²) in [4.78, 5) is 15.8. The molecule has 4 rings (SSSR count). The van der Waals surface area contributed by atoms with Crippen molar-refractivity contribution in [3.05, 3.63) is 54.0 Å². The van der Waals surface area contributed by atoms with E-state index >= 15 is 0 Å². The van der Waals surface area contributed by atoms with Gasteiger partial charge in [-0.2, -0.15) is 0 Å². The summed E-state index contributed by atoms with van der Waals surface area (Å²) in [7, 11) is 0. The maximum absolute atomic E-state index is 5.89. The van der Waals surface area contributed by atoms with Crippen molar-refractivity contribution in [1.82, 2.24) is 15.0 Å². The lowest BCUT2D eigenvalue weighted by atomic mass is 9.98. The summed E-state index contributed by atoms with van der Waals surface area (Å²) in [5.74, 6) is 2.52. The van der Waals surface area contributed by atoms with Crippen LogP contribution in [-0.4, -0.2) is 34.6 Å². The van der Waals surface area contributed by atoms with Gasteiger partial charge in [0.15, 0.2) is 5.65 Å². The standard InChI is InChI=1S/C21H24N4O/c1-15-13-16(2)23-21-19(15)3-4-20(24-21)25-11-7-17(8-12-25)14-26-18-5-9-22-10-6-18/h3-6,9-10,13,17H,7-8,11-12,14H2,1-2H3. The van der Waals surface area contributed by atoms with Crippen molar-refractivity contribution in [1.29, 1.82) is 0 Å². The summed E-state index contributed by atoms with van der Waals surface area (Å²) in [5.41, 5.74) is 3.10. The summed E-state index contributed by atoms with van der Waals surface area (Å²) in [6.07, 6.45) is 5.76. The number of nitrogens with zero attached hydrogens (tertiary/aromatic N) is 4. The predicted molar refractivity (Wildman–Crippen MR) is 104 cm³/mol. The summed E-state index contributed by atoms with van der Waals surface area (Å²) < 4.78 is 5.89. The Balaban J connectivity index is 1.39. The molecule has 5 heteroatoms. The number of aromatic nitrogens is 3. The molecule has 0 amide bonds. The highest BCUT2D eigenvalue weighted by Crippen LogP contribution is 2.25. The van der Waals surface area contributed by atoms with Crippen LogP contribution < -0.4 is 9.64 Å². The number of hydrogen-bond donors (Lipinski definition) is 0. The molecule has 26 heavy (non-hydrogen) atoms. The zero-order valence-corrected chi connectivity index (χ0v) is 15.4. The number of pyridine rings is 3. The Kier molecular flexibility index (Phi) is 4.69. The van der Waals surface area contributed by atoms with E-state index in [-0.39, 0.29) is 0 Å². The third-order valence-corrected chi connectivity index (χ3v) is 5.07. The number of ether oxygens (including phenoxy) is 1. The first kappa shape index (κ1) is 16.8. The van der Waals surface area contributed by atoms with Gasteiger partial charge in [0.2, 0.25) is 0 Å². The van der Waals surface area contributed by atoms with E-state index in [0.717, 1.165) is 60.8 Å². The molecule has 1 aliphatic rings. The second-order valence-corrected chi connectivity index (χ2v) is 7.05. The number of hydrogen-bond acceptors (Lipinski definition) is 5. The van der Waals surface area contributed by atoms with E-state index in [9.17, 15) is 0 Å². The lowest BCUT2D eigenvalue weighted by Gasteiger charge is -2.32. The molecule has 4 heterocycles. The van der Waals surface area contributed by atoms with Gasteiger partial charge in [-0.15, -0.1) is 0 Å². The fourth-order valence-corrected chi connectivity index (χ4v) is 3.58. The lowest BCUT2D eigenvalue weighted by molar-refractivity contribution is 0.222. The molecule has 0 aliphatic carbocycles. The Morgan fingerprint density at radius 1 is 1.04 bits per heavy atom. The molecule has 0 aromatic carbocycles. The van der Waals surface area contributed by atoms with Crippen LogP contribution in [0.25, 0.3) is 11.0 Å². The smallest absolute Gasteiger partial charge is 0.162 e. The number of aryl methyl sites for hydroxylation is 2. The SMILES string of the molecule is Cc1cc(C)c2ccc(N3CCC(COc4ccncc4)CC3)nc2n1. The minimum absolute atomic E-state index is 0.586. The van der Waals surface area contributed by atoms with Gasteiger partial charge < -0.3 is 9.64 Å². The van der Waals surface area contributed by atoms with Crippen molar-refractivity contribution in [3.63, 3.8) is 0 Å². The van der Waals surface area contributed by atoms with Gasteiger partial charge in [0.1, 0.15) is 11.6 Å². The molecule has 3 aromatic rings. The molecule has 0 saturated carbocycles. The van der Waals surface area contributed by atoms with Crippen molar-refractivity contribution in [3.8, 4) is 5.75 Å². The van der Waals surface area contributed by atoms with Crippen molar-refractivity contribution in [2.45, 2.75) is 26.7 Å². The first-order chi connectivity index (χ1) is 12.7. The highest BCUT2D eigenvalue weighted by atomic mass is 16.5. The van der Waals surface area contributed by atoms with E-state index in [4.69, 9.17) is 9.72 Å². The topological polar surface area (TPSA) is 51.1 Å². The molecule has 0 N–H and O–H groups in total. The number of rotatable bonds is 4. The third-order valence-electron chi connectivity index (χ3n) is 5.07. The normalized spacial score (nSPS) is 15.4. The summed E-state index contributed by atoms with van der Waals surface area (Å²) in [5, 5.41) is 1.14. The average Bonchev–Trinajstić information content (AvgIpc) is 2.67. The fourth-order valence-electron chi connectivity index (χ4n) is 3.58. The Bertz CT molecular complexity index is 889. The number of fused-ring (bicyclic) bond motifs is 1. The molecule has 0 spiro atoms. The van der Waals surface area contributed by atoms with Crippen LogP contribution in [-0.2, 0) is 0 Å². The monoisotopic (exact) mass is 348 g/mol. The van der Waals surface area contributed by atoms with Gasteiger partial charge in [-0.3, -0.25) is 4.98 Å². The Morgan fingerprint density at radius 2 is 1.81 bits per heavy atom. The molecule has 1 fully saturated rings. The molecule has 0 radical (unpaired) electrons. The first-order valence-electron chi connectivity index (χ1n) is 9.22. The minimum Gasteiger partial charge on any atom is -0.493 e. The van der Waals surface area contributed by atoms with Crippen LogP contribution in [0.4, 0.5) is 5.82 Å². The van der Waals surface area contributed by atoms with Crippen LogP contribution in [0.3, 0.4) is 0 Å². The molecule has 1 aliphatic heterocycles. The summed E-state index contributed by atoms with van der Waals surface area (Å²) >= 11 is 0. The van der Waals surface area contributed by atoms with Crippen LogP contribution >= 0.6 is 0 Å². The molecule has 1 saturated heterocycles. The van der Waals surface area contributed by atoms with Crippen LogP contribution in [0.2, 0.25) is 0 Å². The van der Waals surface area contributed by atoms with E-state index in [1.165, 1.54) is 5.56 Å². The largest absolute Gasteiger partial charge is 0.493 e. The molecule has 3 aromatic heterocycles. The zero-order chi connectivity index (χ0) is 17.9. The van der Waals surface area contributed by atoms with E-state index in [2.05, 4.69) is 40.0 Å². The molecular weight excluding hydrogens is 324 g/mol. The van der Waals surface area contributed by atoms with Gasteiger partial charge in [-0.05, 0) is 68.5 Å². The number of piperidine rings is 1. The summed E-state index contributed by atoms with van der Waals surface area (Å²) in [6.45, 7) is 6.92. The van der Waals surface area contributed by atoms with Gasteiger partial charge in [0.25, 0.3) is 0 Å². The Morgan fingerprint density at radius 3 is 2.58 bits per heavy atom. The minimum atomic E-state index is 0.586. The Hall–Kier alpha value is -2.69. The first-order valence-corrected chi connectivity index (χ1v) is 9.22. The van der Waals surface area contributed by atoms with Crippen LogP contribution in [0.1, 0.15) is 24.1 Å². The second-order valence-electron chi connectivity index (χ2n) is 7.05. The highest BCUT2D eigenvalue weighted by molar-refractivity contribution is 5.80. The Labute approximate surface area is 154 Å². The van der Waals surface area contributed by atoms with Crippen LogP contribution in [0, 0.1) is 19.8 Å². The zero-order valence-electron chi connectivity index (χ0n) is 15.4. The molecule has 134 valence electrons. The molecule has 0 unspecified atom stereocenters. The maximum Gasteiger partial charge on any atom is 0.162 e. The third kappa shape index (κ3) is 3.62. The van der Waals surface area contributed by atoms with Crippen LogP contribution in [0.5, 0.6) is 5.75 Å². The van der Waals surface area contributed by atoms with Gasteiger partial charge in [-0.1, -0.05) is 0 Å². The average molecular weight is 348 g/mol. The summed E-state index contributed by atoms with van der Waals surface area (Å²) in [6, 6.07) is 10.2. The molecule has 0 bridgehead atoms. The van der Waals surface area contributed by atoms with Gasteiger partial charge >= 0.3 is 0 Å². The van der Waals surface area contributed by atoms with Crippen molar-refractivity contribution in [2.75, 3.05) is 24.6 Å². The van der Waals surface area contributed by atoms with Crippen molar-refractivity contribution >= 4 is 16.9 Å². The second kappa shape index (κ2) is 7.28. The maximum atomic E-state index is 5.89.